The van der Waals surface area contributed by atoms with E-state index >= 15 is 0 Å². The maximum Gasteiger partial charge on any atom is 0.0628 e. The zero-order chi connectivity index (χ0) is 13.5. The van der Waals surface area contributed by atoms with Gasteiger partial charge in [0.1, 0.15) is 0 Å². The Labute approximate surface area is 111 Å². The molecule has 1 atom stereocenters. The number of unbranched alkanes of at least 4 members (excludes halogenated alkanes) is 3. The van der Waals surface area contributed by atoms with Crippen LogP contribution in [0.3, 0.4) is 0 Å². The second-order valence-electron chi connectivity index (χ2n) is 5.31. The number of rotatable bonds is 8. The minimum absolute atomic E-state index is 0.152. The Morgan fingerprint density at radius 2 is 1.89 bits per heavy atom. The van der Waals surface area contributed by atoms with Crippen molar-refractivity contribution in [2.45, 2.75) is 71.8 Å². The molecule has 1 rings (SSSR count). The second kappa shape index (κ2) is 7.57. The number of hydrogen-bond donors (Lipinski definition) is 1. The molecule has 0 aromatic carbocycles. The summed E-state index contributed by atoms with van der Waals surface area (Å²) < 4.78 is 1.93. The van der Waals surface area contributed by atoms with Gasteiger partial charge in [-0.1, -0.05) is 32.6 Å². The smallest absolute Gasteiger partial charge is 0.0628 e. The number of aliphatic hydroxyl groups excluding tert-OH is 1. The molecular weight excluding hydrogens is 224 g/mol. The van der Waals surface area contributed by atoms with Crippen LogP contribution in [0.5, 0.6) is 0 Å². The quantitative estimate of drug-likeness (QED) is 0.721. The van der Waals surface area contributed by atoms with Gasteiger partial charge in [0.05, 0.1) is 11.8 Å². The van der Waals surface area contributed by atoms with Crippen LogP contribution in [0.15, 0.2) is 0 Å². The van der Waals surface area contributed by atoms with Crippen molar-refractivity contribution in [3.8, 4) is 0 Å². The van der Waals surface area contributed by atoms with Gasteiger partial charge in [-0.15, -0.1) is 0 Å². The van der Waals surface area contributed by atoms with Crippen molar-refractivity contribution in [3.05, 3.63) is 17.0 Å². The van der Waals surface area contributed by atoms with E-state index in [2.05, 4.69) is 25.9 Å². The summed E-state index contributed by atoms with van der Waals surface area (Å²) in [5.74, 6) is 0. The first-order valence-corrected chi connectivity index (χ1v) is 7.23. The molecule has 0 saturated carbocycles. The van der Waals surface area contributed by atoms with Gasteiger partial charge in [0.2, 0.25) is 0 Å². The van der Waals surface area contributed by atoms with Gasteiger partial charge in [0.25, 0.3) is 0 Å². The van der Waals surface area contributed by atoms with Crippen molar-refractivity contribution in [1.29, 1.82) is 0 Å². The minimum Gasteiger partial charge on any atom is -0.393 e. The molecule has 1 aromatic rings. The summed E-state index contributed by atoms with van der Waals surface area (Å²) in [6, 6.07) is 0. The molecule has 0 spiro atoms. The normalized spacial score (nSPS) is 12.9. The molecule has 0 amide bonds. The highest BCUT2D eigenvalue weighted by atomic mass is 16.3. The van der Waals surface area contributed by atoms with Gasteiger partial charge >= 0.3 is 0 Å². The summed E-state index contributed by atoms with van der Waals surface area (Å²) in [7, 11) is 1.98. The largest absolute Gasteiger partial charge is 0.393 e. The van der Waals surface area contributed by atoms with Crippen molar-refractivity contribution < 1.29 is 5.11 Å². The van der Waals surface area contributed by atoms with E-state index in [-0.39, 0.29) is 6.10 Å². The van der Waals surface area contributed by atoms with Crippen LogP contribution in [0, 0.1) is 13.8 Å². The summed E-state index contributed by atoms with van der Waals surface area (Å²) >= 11 is 0. The van der Waals surface area contributed by atoms with Gasteiger partial charge in [-0.3, -0.25) is 4.68 Å². The number of nitrogens with zero attached hydrogens (tertiary/aromatic N) is 2. The fourth-order valence-corrected chi connectivity index (χ4v) is 2.44. The van der Waals surface area contributed by atoms with Crippen LogP contribution in [0.4, 0.5) is 0 Å². The first kappa shape index (κ1) is 15.2. The lowest BCUT2D eigenvalue weighted by molar-refractivity contribution is 0.151. The third-order valence-corrected chi connectivity index (χ3v) is 3.78. The molecule has 0 aliphatic carbocycles. The molecule has 1 aromatic heterocycles. The molecule has 3 nitrogen and oxygen atoms in total. The van der Waals surface area contributed by atoms with E-state index in [1.807, 2.05) is 11.7 Å². The Hall–Kier alpha value is -0.830. The van der Waals surface area contributed by atoms with Gasteiger partial charge in [-0.25, -0.2) is 0 Å². The molecule has 1 heterocycles. The monoisotopic (exact) mass is 252 g/mol. The van der Waals surface area contributed by atoms with Crippen molar-refractivity contribution in [3.63, 3.8) is 0 Å². The van der Waals surface area contributed by atoms with E-state index in [1.165, 1.54) is 30.5 Å². The average molecular weight is 252 g/mol. The highest BCUT2D eigenvalue weighted by molar-refractivity contribution is 5.24. The van der Waals surface area contributed by atoms with E-state index in [4.69, 9.17) is 0 Å². The van der Waals surface area contributed by atoms with Gasteiger partial charge < -0.3 is 5.11 Å². The number of aryl methyl sites for hydroxylation is 2. The van der Waals surface area contributed by atoms with Gasteiger partial charge in [-0.2, -0.15) is 5.10 Å². The van der Waals surface area contributed by atoms with Crippen LogP contribution in [-0.2, 0) is 13.5 Å². The van der Waals surface area contributed by atoms with Gasteiger partial charge in [-0.05, 0) is 38.7 Å². The predicted molar refractivity (Wildman–Crippen MR) is 75.8 cm³/mol. The highest BCUT2D eigenvalue weighted by Gasteiger charge is 2.11. The summed E-state index contributed by atoms with van der Waals surface area (Å²) in [4.78, 5) is 0. The Balaban J connectivity index is 2.31. The lowest BCUT2D eigenvalue weighted by Gasteiger charge is -2.10. The van der Waals surface area contributed by atoms with Crippen molar-refractivity contribution in [2.24, 2.45) is 7.05 Å². The summed E-state index contributed by atoms with van der Waals surface area (Å²) in [6.07, 6.45) is 7.54. The first-order chi connectivity index (χ1) is 8.56. The fraction of sp³-hybridized carbons (Fsp3) is 0.800. The zero-order valence-electron chi connectivity index (χ0n) is 12.4. The number of hydrogen-bond acceptors (Lipinski definition) is 2. The third kappa shape index (κ3) is 4.45. The zero-order valence-corrected chi connectivity index (χ0v) is 12.4. The molecule has 0 saturated heterocycles. The van der Waals surface area contributed by atoms with Crippen LogP contribution >= 0.6 is 0 Å². The SMILES string of the molecule is CCCCCCC(O)CCc1c(C)nn(C)c1C. The van der Waals surface area contributed by atoms with E-state index in [0.29, 0.717) is 0 Å². The lowest BCUT2D eigenvalue weighted by Crippen LogP contribution is -2.08. The standard InChI is InChI=1S/C15H28N2O/c1-5-6-7-8-9-14(18)10-11-15-12(2)16-17(4)13(15)3/h14,18H,5-11H2,1-4H3. The highest BCUT2D eigenvalue weighted by Crippen LogP contribution is 2.16. The molecule has 0 bridgehead atoms. The van der Waals surface area contributed by atoms with E-state index in [0.717, 1.165) is 31.4 Å². The maximum absolute atomic E-state index is 9.97. The van der Waals surface area contributed by atoms with E-state index < -0.39 is 0 Å². The molecule has 0 fully saturated rings. The molecule has 1 N–H and O–H groups in total. The maximum atomic E-state index is 9.97. The molecule has 1 unspecified atom stereocenters. The lowest BCUT2D eigenvalue weighted by atomic mass is 10.0. The van der Waals surface area contributed by atoms with Gasteiger partial charge in [0, 0.05) is 12.7 Å². The molecule has 0 radical (unpaired) electrons. The van der Waals surface area contributed by atoms with Crippen LogP contribution in [0.2, 0.25) is 0 Å². The Bertz CT molecular complexity index is 358. The van der Waals surface area contributed by atoms with E-state index in [1.54, 1.807) is 0 Å². The van der Waals surface area contributed by atoms with Crippen LogP contribution in [0.1, 0.15) is 62.4 Å². The Morgan fingerprint density at radius 3 is 2.44 bits per heavy atom. The Kier molecular flexibility index (Phi) is 6.41. The summed E-state index contributed by atoms with van der Waals surface area (Å²) in [6.45, 7) is 6.36. The minimum atomic E-state index is -0.152. The second-order valence-corrected chi connectivity index (χ2v) is 5.31. The summed E-state index contributed by atoms with van der Waals surface area (Å²) in [5.41, 5.74) is 3.64. The predicted octanol–water partition coefficient (Wildman–Crippen LogP) is 3.30. The molecule has 0 aliphatic rings. The molecule has 104 valence electrons. The number of aliphatic hydroxyl groups is 1. The topological polar surface area (TPSA) is 38.1 Å². The first-order valence-electron chi connectivity index (χ1n) is 7.23. The van der Waals surface area contributed by atoms with Crippen molar-refractivity contribution >= 4 is 0 Å². The van der Waals surface area contributed by atoms with E-state index in [9.17, 15) is 5.11 Å². The van der Waals surface area contributed by atoms with Crippen LogP contribution < -0.4 is 0 Å². The van der Waals surface area contributed by atoms with Crippen LogP contribution in [0.25, 0.3) is 0 Å². The third-order valence-electron chi connectivity index (χ3n) is 3.78. The fourth-order valence-electron chi connectivity index (χ4n) is 2.44. The molecule has 0 aliphatic heterocycles. The molecule has 18 heavy (non-hydrogen) atoms. The van der Waals surface area contributed by atoms with Crippen molar-refractivity contribution in [1.82, 2.24) is 9.78 Å². The Morgan fingerprint density at radius 1 is 1.17 bits per heavy atom. The molecule has 3 heteroatoms. The summed E-state index contributed by atoms with van der Waals surface area (Å²) in [5, 5.41) is 14.4. The van der Waals surface area contributed by atoms with Crippen LogP contribution in [-0.4, -0.2) is 21.0 Å². The number of aromatic nitrogens is 2. The van der Waals surface area contributed by atoms with Gasteiger partial charge in [0.15, 0.2) is 0 Å². The molecular formula is C15H28N2O. The average Bonchev–Trinajstić information content (AvgIpc) is 2.57. The van der Waals surface area contributed by atoms with Crippen molar-refractivity contribution in [2.75, 3.05) is 0 Å².